The molecule has 0 unspecified atom stereocenters. The van der Waals surface area contributed by atoms with Crippen LogP contribution < -0.4 is 5.32 Å². The van der Waals surface area contributed by atoms with Crippen LogP contribution in [-0.4, -0.2) is 48.8 Å². The van der Waals surface area contributed by atoms with Gasteiger partial charge in [-0.1, -0.05) is 30.3 Å². The molecule has 1 aliphatic rings. The number of hydrogen-bond donors (Lipinski definition) is 1. The largest absolute Gasteiger partial charge is 0.468 e. The van der Waals surface area contributed by atoms with E-state index in [4.69, 9.17) is 9.47 Å². The van der Waals surface area contributed by atoms with E-state index in [0.717, 1.165) is 12.0 Å². The number of alkyl carbamates (subject to hydrolysis) is 1. The van der Waals surface area contributed by atoms with Gasteiger partial charge in [0.25, 0.3) is 0 Å². The molecule has 1 aromatic carbocycles. The Labute approximate surface area is 143 Å². The van der Waals surface area contributed by atoms with Crippen LogP contribution in [0.4, 0.5) is 4.79 Å². The van der Waals surface area contributed by atoms with Crippen molar-refractivity contribution in [1.82, 2.24) is 10.2 Å². The number of benzene rings is 1. The van der Waals surface area contributed by atoms with Crippen LogP contribution in [-0.2, 0) is 14.3 Å². The van der Waals surface area contributed by atoms with E-state index in [1.807, 2.05) is 56.0 Å². The third kappa shape index (κ3) is 4.96. The average Bonchev–Trinajstić information content (AvgIpc) is 2.94. The highest BCUT2D eigenvalue weighted by Crippen LogP contribution is 2.26. The zero-order valence-electron chi connectivity index (χ0n) is 14.7. The molecule has 2 rings (SSSR count). The number of hydrogen-bond acceptors (Lipinski definition) is 5. The van der Waals surface area contributed by atoms with Crippen LogP contribution >= 0.6 is 0 Å². The van der Waals surface area contributed by atoms with Gasteiger partial charge in [0.15, 0.2) is 0 Å². The van der Waals surface area contributed by atoms with Crippen molar-refractivity contribution >= 4 is 12.1 Å². The highest BCUT2D eigenvalue weighted by atomic mass is 16.6. The Bertz CT molecular complexity index is 568. The van der Waals surface area contributed by atoms with Gasteiger partial charge in [0.2, 0.25) is 0 Å². The first-order chi connectivity index (χ1) is 11.3. The maximum Gasteiger partial charge on any atom is 0.407 e. The summed E-state index contributed by atoms with van der Waals surface area (Å²) >= 11 is 0. The lowest BCUT2D eigenvalue weighted by Gasteiger charge is -2.26. The van der Waals surface area contributed by atoms with E-state index in [0.29, 0.717) is 13.1 Å². The van der Waals surface area contributed by atoms with Gasteiger partial charge in [0.1, 0.15) is 11.6 Å². The summed E-state index contributed by atoms with van der Waals surface area (Å²) in [7, 11) is 1.39. The number of carbonyl (C=O) groups excluding carboxylic acids is 2. The van der Waals surface area contributed by atoms with Crippen molar-refractivity contribution in [2.24, 2.45) is 0 Å². The number of esters is 1. The molecule has 6 heteroatoms. The van der Waals surface area contributed by atoms with Gasteiger partial charge in [-0.3, -0.25) is 4.90 Å². The van der Waals surface area contributed by atoms with Gasteiger partial charge in [-0.15, -0.1) is 0 Å². The smallest absolute Gasteiger partial charge is 0.407 e. The molecule has 1 N–H and O–H groups in total. The zero-order chi connectivity index (χ0) is 17.7. The molecule has 0 radical (unpaired) electrons. The molecule has 1 saturated heterocycles. The summed E-state index contributed by atoms with van der Waals surface area (Å²) in [6, 6.07) is 9.04. The lowest BCUT2D eigenvalue weighted by Crippen LogP contribution is -2.41. The number of methoxy groups -OCH3 is 1. The molecule has 0 bridgehead atoms. The normalized spacial score (nSPS) is 19.6. The van der Waals surface area contributed by atoms with Crippen molar-refractivity contribution in [3.8, 4) is 0 Å². The van der Waals surface area contributed by atoms with Crippen molar-refractivity contribution in [1.29, 1.82) is 0 Å². The van der Waals surface area contributed by atoms with Crippen molar-refractivity contribution in [3.05, 3.63) is 35.9 Å². The summed E-state index contributed by atoms with van der Waals surface area (Å²) in [5.74, 6) is -0.292. The predicted octanol–water partition coefficient (Wildman–Crippen LogP) is 2.50. The summed E-state index contributed by atoms with van der Waals surface area (Å²) in [4.78, 5) is 26.2. The minimum atomic E-state index is -0.527. The number of carbonyl (C=O) groups is 2. The molecule has 0 aromatic heterocycles. The summed E-state index contributed by atoms with van der Waals surface area (Å²) in [6.07, 6.45) is 0.336. The molecular weight excluding hydrogens is 308 g/mol. The van der Waals surface area contributed by atoms with Crippen LogP contribution in [0.3, 0.4) is 0 Å². The number of rotatable bonds is 4. The Balaban J connectivity index is 2.01. The van der Waals surface area contributed by atoms with E-state index in [9.17, 15) is 9.59 Å². The molecular formula is C18H26N2O4. The van der Waals surface area contributed by atoms with Crippen LogP contribution in [0.1, 0.15) is 38.8 Å². The second kappa shape index (κ2) is 7.66. The summed E-state index contributed by atoms with van der Waals surface area (Å²) in [5, 5.41) is 2.87. The highest BCUT2D eigenvalue weighted by Gasteiger charge is 2.35. The molecule has 1 heterocycles. The molecule has 1 aromatic rings. The SMILES string of the molecule is COC(=O)[C@H](c1ccccc1)N1CC[C@H](NC(=O)OC(C)(C)C)C1. The average molecular weight is 334 g/mol. The Hall–Kier alpha value is -2.08. The van der Waals surface area contributed by atoms with Crippen LogP contribution in [0.5, 0.6) is 0 Å². The third-order valence-corrected chi connectivity index (χ3v) is 3.85. The van der Waals surface area contributed by atoms with Gasteiger partial charge in [-0.05, 0) is 32.8 Å². The second-order valence-corrected chi connectivity index (χ2v) is 6.96. The van der Waals surface area contributed by atoms with E-state index < -0.39 is 17.7 Å². The molecule has 6 nitrogen and oxygen atoms in total. The third-order valence-electron chi connectivity index (χ3n) is 3.85. The summed E-state index contributed by atoms with van der Waals surface area (Å²) < 4.78 is 10.3. The van der Waals surface area contributed by atoms with Crippen LogP contribution in [0, 0.1) is 0 Å². The van der Waals surface area contributed by atoms with E-state index >= 15 is 0 Å². The Morgan fingerprint density at radius 1 is 1.25 bits per heavy atom. The van der Waals surface area contributed by atoms with Crippen molar-refractivity contribution in [2.45, 2.75) is 44.9 Å². The van der Waals surface area contributed by atoms with Crippen molar-refractivity contribution < 1.29 is 19.1 Å². The van der Waals surface area contributed by atoms with Gasteiger partial charge in [-0.2, -0.15) is 0 Å². The summed E-state index contributed by atoms with van der Waals surface area (Å²) in [5.41, 5.74) is 0.364. The van der Waals surface area contributed by atoms with Gasteiger partial charge in [0, 0.05) is 19.1 Å². The molecule has 1 fully saturated rings. The molecule has 0 saturated carbocycles. The van der Waals surface area contributed by atoms with E-state index in [1.54, 1.807) is 0 Å². The maximum atomic E-state index is 12.2. The highest BCUT2D eigenvalue weighted by molar-refractivity contribution is 5.77. The lowest BCUT2D eigenvalue weighted by molar-refractivity contribution is -0.146. The molecule has 0 aliphatic carbocycles. The monoisotopic (exact) mass is 334 g/mol. The fraction of sp³-hybridized carbons (Fsp3) is 0.556. The van der Waals surface area contributed by atoms with E-state index in [2.05, 4.69) is 5.32 Å². The zero-order valence-corrected chi connectivity index (χ0v) is 14.7. The Morgan fingerprint density at radius 3 is 2.50 bits per heavy atom. The lowest BCUT2D eigenvalue weighted by atomic mass is 10.1. The Morgan fingerprint density at radius 2 is 1.92 bits per heavy atom. The predicted molar refractivity (Wildman–Crippen MR) is 90.5 cm³/mol. The molecule has 1 amide bonds. The Kier molecular flexibility index (Phi) is 5.83. The van der Waals surface area contributed by atoms with E-state index in [-0.39, 0.29) is 12.0 Å². The number of amides is 1. The van der Waals surface area contributed by atoms with Gasteiger partial charge in [0.05, 0.1) is 7.11 Å². The maximum absolute atomic E-state index is 12.2. The minimum absolute atomic E-state index is 0.0456. The van der Waals surface area contributed by atoms with Crippen LogP contribution in [0.2, 0.25) is 0 Å². The first-order valence-corrected chi connectivity index (χ1v) is 8.16. The first-order valence-electron chi connectivity index (χ1n) is 8.16. The number of likely N-dealkylation sites (tertiary alicyclic amines) is 1. The number of nitrogens with zero attached hydrogens (tertiary/aromatic N) is 1. The fourth-order valence-corrected chi connectivity index (χ4v) is 2.86. The topological polar surface area (TPSA) is 67.9 Å². The molecule has 1 aliphatic heterocycles. The molecule has 0 spiro atoms. The van der Waals surface area contributed by atoms with E-state index in [1.165, 1.54) is 7.11 Å². The molecule has 2 atom stereocenters. The number of ether oxygens (including phenoxy) is 2. The van der Waals surface area contributed by atoms with Crippen molar-refractivity contribution in [3.63, 3.8) is 0 Å². The minimum Gasteiger partial charge on any atom is -0.468 e. The van der Waals surface area contributed by atoms with Gasteiger partial charge >= 0.3 is 12.1 Å². The van der Waals surface area contributed by atoms with Crippen molar-refractivity contribution in [2.75, 3.05) is 20.2 Å². The van der Waals surface area contributed by atoms with Crippen LogP contribution in [0.25, 0.3) is 0 Å². The molecule has 132 valence electrons. The standard InChI is InChI=1S/C18H26N2O4/c1-18(2,3)24-17(22)19-14-10-11-20(12-14)15(16(21)23-4)13-8-6-5-7-9-13/h5-9,14-15H,10-12H2,1-4H3,(H,19,22)/t14-,15-/m0/s1. The van der Waals surface area contributed by atoms with Crippen LogP contribution in [0.15, 0.2) is 30.3 Å². The van der Waals surface area contributed by atoms with Gasteiger partial charge < -0.3 is 14.8 Å². The fourth-order valence-electron chi connectivity index (χ4n) is 2.86. The summed E-state index contributed by atoms with van der Waals surface area (Å²) in [6.45, 7) is 6.77. The molecule has 24 heavy (non-hydrogen) atoms. The first kappa shape index (κ1) is 18.3. The number of nitrogens with one attached hydrogen (secondary N) is 1. The van der Waals surface area contributed by atoms with Gasteiger partial charge in [-0.25, -0.2) is 9.59 Å². The quantitative estimate of drug-likeness (QED) is 0.857. The second-order valence-electron chi connectivity index (χ2n) is 6.96.